The number of sulfone groups is 1. The first-order chi connectivity index (χ1) is 8.03. The number of urea groups is 1. The van der Waals surface area contributed by atoms with Crippen LogP contribution in [0.2, 0.25) is 0 Å². The summed E-state index contributed by atoms with van der Waals surface area (Å²) >= 11 is 0. The van der Waals surface area contributed by atoms with Gasteiger partial charge in [0.2, 0.25) is 0 Å². The van der Waals surface area contributed by atoms with Crippen LogP contribution in [0.15, 0.2) is 0 Å². The van der Waals surface area contributed by atoms with E-state index in [0.29, 0.717) is 19.1 Å². The molecule has 2 aliphatic heterocycles. The Morgan fingerprint density at radius 1 is 1.24 bits per heavy atom. The first-order valence-electron chi connectivity index (χ1n) is 6.29. The molecular formula is C11H20N2O3S. The Labute approximate surface area is 103 Å². The molecule has 0 aliphatic carbocycles. The Morgan fingerprint density at radius 3 is 2.47 bits per heavy atom. The highest BCUT2D eigenvalue weighted by Crippen LogP contribution is 2.22. The Kier molecular flexibility index (Phi) is 3.61. The molecule has 2 aliphatic rings. The number of likely N-dealkylation sites (tertiary alicyclic amines) is 1. The van der Waals surface area contributed by atoms with E-state index in [1.807, 2.05) is 4.90 Å². The summed E-state index contributed by atoms with van der Waals surface area (Å²) in [4.78, 5) is 15.8. The van der Waals surface area contributed by atoms with Crippen LogP contribution in [0.5, 0.6) is 0 Å². The van der Waals surface area contributed by atoms with Crippen molar-refractivity contribution in [3.05, 3.63) is 0 Å². The predicted octanol–water partition coefficient (Wildman–Crippen LogP) is 0.711. The van der Waals surface area contributed by atoms with E-state index < -0.39 is 9.84 Å². The van der Waals surface area contributed by atoms with E-state index in [2.05, 4.69) is 6.92 Å². The van der Waals surface area contributed by atoms with E-state index >= 15 is 0 Å². The summed E-state index contributed by atoms with van der Waals surface area (Å²) in [7, 11) is -2.90. The zero-order valence-corrected chi connectivity index (χ0v) is 11.1. The first-order valence-corrected chi connectivity index (χ1v) is 8.11. The minimum atomic E-state index is -2.90. The van der Waals surface area contributed by atoms with Crippen molar-refractivity contribution in [2.24, 2.45) is 0 Å². The van der Waals surface area contributed by atoms with Crippen LogP contribution in [0.1, 0.15) is 26.2 Å². The van der Waals surface area contributed by atoms with E-state index in [0.717, 1.165) is 25.8 Å². The molecule has 98 valence electrons. The maximum Gasteiger partial charge on any atom is 0.320 e. The van der Waals surface area contributed by atoms with E-state index in [1.165, 1.54) is 0 Å². The van der Waals surface area contributed by atoms with Crippen molar-refractivity contribution < 1.29 is 13.2 Å². The molecule has 0 saturated carbocycles. The predicted molar refractivity (Wildman–Crippen MR) is 65.6 cm³/mol. The zero-order valence-electron chi connectivity index (χ0n) is 10.3. The van der Waals surface area contributed by atoms with Gasteiger partial charge in [-0.3, -0.25) is 0 Å². The lowest BCUT2D eigenvalue weighted by molar-refractivity contribution is 0.150. The first kappa shape index (κ1) is 12.7. The molecule has 0 aromatic carbocycles. The summed E-state index contributed by atoms with van der Waals surface area (Å²) in [5.41, 5.74) is 0. The van der Waals surface area contributed by atoms with Gasteiger partial charge in [-0.25, -0.2) is 13.2 Å². The van der Waals surface area contributed by atoms with Gasteiger partial charge in [0.15, 0.2) is 9.84 Å². The summed E-state index contributed by atoms with van der Waals surface area (Å²) in [6.45, 7) is 3.62. The second-order valence-corrected chi connectivity index (χ2v) is 7.12. The summed E-state index contributed by atoms with van der Waals surface area (Å²) in [5, 5.41) is 0. The molecule has 17 heavy (non-hydrogen) atoms. The van der Waals surface area contributed by atoms with Crippen molar-refractivity contribution in [1.82, 2.24) is 9.80 Å². The quantitative estimate of drug-likeness (QED) is 0.697. The second-order valence-electron chi connectivity index (χ2n) is 4.82. The van der Waals surface area contributed by atoms with Crippen LogP contribution in [0.3, 0.4) is 0 Å². The van der Waals surface area contributed by atoms with Gasteiger partial charge in [0.25, 0.3) is 0 Å². The number of amides is 2. The van der Waals surface area contributed by atoms with E-state index in [4.69, 9.17) is 0 Å². The molecule has 1 unspecified atom stereocenters. The molecule has 0 bridgehead atoms. The molecule has 0 aromatic heterocycles. The third-order valence-electron chi connectivity index (χ3n) is 3.71. The van der Waals surface area contributed by atoms with Gasteiger partial charge in [-0.05, 0) is 19.3 Å². The molecule has 2 saturated heterocycles. The fraction of sp³-hybridized carbons (Fsp3) is 0.909. The lowest BCUT2D eigenvalue weighted by atomic mass is 10.2. The van der Waals surface area contributed by atoms with Crippen LogP contribution in [-0.4, -0.2) is 61.4 Å². The minimum Gasteiger partial charge on any atom is -0.323 e. The molecule has 0 N–H and O–H groups in total. The van der Waals surface area contributed by atoms with Crippen molar-refractivity contribution in [3.63, 3.8) is 0 Å². The van der Waals surface area contributed by atoms with Crippen LogP contribution < -0.4 is 0 Å². The van der Waals surface area contributed by atoms with Gasteiger partial charge in [0.05, 0.1) is 11.5 Å². The number of carbonyl (C=O) groups is 1. The van der Waals surface area contributed by atoms with Gasteiger partial charge >= 0.3 is 6.03 Å². The fourth-order valence-corrected chi connectivity index (χ4v) is 3.80. The summed E-state index contributed by atoms with van der Waals surface area (Å²) < 4.78 is 22.6. The van der Waals surface area contributed by atoms with Gasteiger partial charge in [-0.2, -0.15) is 0 Å². The summed E-state index contributed by atoms with van der Waals surface area (Å²) in [5.74, 6) is 0.229. The fourth-order valence-electron chi connectivity index (χ4n) is 2.60. The highest BCUT2D eigenvalue weighted by atomic mass is 32.2. The van der Waals surface area contributed by atoms with E-state index in [1.54, 1.807) is 4.90 Å². The van der Waals surface area contributed by atoms with Crippen LogP contribution in [-0.2, 0) is 9.84 Å². The zero-order chi connectivity index (χ0) is 12.5. The van der Waals surface area contributed by atoms with Crippen molar-refractivity contribution in [2.75, 3.05) is 31.1 Å². The maximum absolute atomic E-state index is 12.2. The number of rotatable bonds is 1. The van der Waals surface area contributed by atoms with Crippen LogP contribution in [0.4, 0.5) is 4.79 Å². The van der Waals surface area contributed by atoms with Crippen molar-refractivity contribution >= 4 is 15.9 Å². The number of nitrogens with zero attached hydrogens (tertiary/aromatic N) is 2. The maximum atomic E-state index is 12.2. The third kappa shape index (κ3) is 2.73. The topological polar surface area (TPSA) is 57.7 Å². The van der Waals surface area contributed by atoms with Crippen molar-refractivity contribution in [2.45, 2.75) is 32.2 Å². The van der Waals surface area contributed by atoms with Crippen molar-refractivity contribution in [3.8, 4) is 0 Å². The van der Waals surface area contributed by atoms with Gasteiger partial charge in [-0.15, -0.1) is 0 Å². The highest BCUT2D eigenvalue weighted by molar-refractivity contribution is 7.91. The van der Waals surface area contributed by atoms with E-state index in [9.17, 15) is 13.2 Å². The van der Waals surface area contributed by atoms with Crippen molar-refractivity contribution in [1.29, 1.82) is 0 Å². The molecule has 6 heteroatoms. The third-order valence-corrected chi connectivity index (χ3v) is 5.32. The Morgan fingerprint density at radius 2 is 1.88 bits per heavy atom. The standard InChI is InChI=1S/C11H20N2O3S/c1-2-10-4-3-5-13(10)11(14)12-6-8-17(15,16)9-7-12/h10H,2-9H2,1H3. The smallest absolute Gasteiger partial charge is 0.320 e. The second kappa shape index (κ2) is 4.84. The normalized spacial score (nSPS) is 28.4. The minimum absolute atomic E-state index is 0.0317. The molecular weight excluding hydrogens is 240 g/mol. The molecule has 5 nitrogen and oxygen atoms in total. The Bertz CT molecular complexity index is 380. The van der Waals surface area contributed by atoms with Crippen LogP contribution >= 0.6 is 0 Å². The molecule has 0 radical (unpaired) electrons. The van der Waals surface area contributed by atoms with Gasteiger partial charge < -0.3 is 9.80 Å². The molecule has 0 spiro atoms. The highest BCUT2D eigenvalue weighted by Gasteiger charge is 2.33. The molecule has 2 heterocycles. The number of hydrogen-bond acceptors (Lipinski definition) is 3. The molecule has 0 aromatic rings. The molecule has 1 atom stereocenters. The van der Waals surface area contributed by atoms with Crippen LogP contribution in [0, 0.1) is 0 Å². The lowest BCUT2D eigenvalue weighted by Crippen LogP contribution is -2.50. The average Bonchev–Trinajstić information content (AvgIpc) is 2.76. The number of carbonyl (C=O) groups excluding carboxylic acids is 1. The van der Waals surface area contributed by atoms with Gasteiger partial charge in [0.1, 0.15) is 0 Å². The summed E-state index contributed by atoms with van der Waals surface area (Å²) in [6.07, 6.45) is 3.13. The van der Waals surface area contributed by atoms with Crippen LogP contribution in [0.25, 0.3) is 0 Å². The Balaban J connectivity index is 1.97. The summed E-state index contributed by atoms with van der Waals surface area (Å²) in [6, 6.07) is 0.380. The number of hydrogen-bond donors (Lipinski definition) is 0. The van der Waals surface area contributed by atoms with E-state index in [-0.39, 0.29) is 17.5 Å². The largest absolute Gasteiger partial charge is 0.323 e. The molecule has 2 amide bonds. The average molecular weight is 260 g/mol. The monoisotopic (exact) mass is 260 g/mol. The van der Waals surface area contributed by atoms with Gasteiger partial charge in [0, 0.05) is 25.7 Å². The SMILES string of the molecule is CCC1CCCN1C(=O)N1CCS(=O)(=O)CC1. The molecule has 2 fully saturated rings. The lowest BCUT2D eigenvalue weighted by Gasteiger charge is -2.33. The van der Waals surface area contributed by atoms with Gasteiger partial charge in [-0.1, -0.05) is 6.92 Å². The Hall–Kier alpha value is -0.780. The molecule has 2 rings (SSSR count).